The van der Waals surface area contributed by atoms with E-state index in [2.05, 4.69) is 516 Å². The second-order valence-corrected chi connectivity index (χ2v) is 33.4. The lowest BCUT2D eigenvalue weighted by molar-refractivity contribution is 1.18. The minimum absolute atomic E-state index is 1.09. The van der Waals surface area contributed by atoms with Gasteiger partial charge < -0.3 is 18.9 Å². The minimum Gasteiger partial charge on any atom is -0.311 e. The summed E-state index contributed by atoms with van der Waals surface area (Å²) in [5.41, 5.74) is 28.1. The molecule has 128 heavy (non-hydrogen) atoms. The van der Waals surface area contributed by atoms with Crippen molar-refractivity contribution in [2.75, 3.05) is 9.80 Å². The van der Waals surface area contributed by atoms with Gasteiger partial charge in [-0.3, -0.25) is 0 Å². The maximum atomic E-state index is 2.39. The molecular weight excluding hydrogens is 1550 g/mol. The topological polar surface area (TPSA) is 16.3 Å². The van der Waals surface area contributed by atoms with Gasteiger partial charge in [0.1, 0.15) is 0 Å². The summed E-state index contributed by atoms with van der Waals surface area (Å²) in [7, 11) is 0. The van der Waals surface area contributed by atoms with Gasteiger partial charge >= 0.3 is 0 Å². The Morgan fingerprint density at radius 1 is 0.125 bits per heavy atom. The fraction of sp³-hybridized carbons (Fsp3) is 0. The summed E-state index contributed by atoms with van der Waals surface area (Å²) in [5, 5.41) is 22.7. The Bertz CT molecular complexity index is 8330. The highest BCUT2D eigenvalue weighted by Gasteiger charge is 2.22. The van der Waals surface area contributed by atoms with Crippen LogP contribution in [0.2, 0.25) is 0 Å². The van der Waals surface area contributed by atoms with E-state index in [0.29, 0.717) is 0 Å². The molecule has 0 aliphatic carbocycles. The molecule has 0 atom stereocenters. The smallest absolute Gasteiger partial charge is 0.0541 e. The molecule has 0 saturated heterocycles. The van der Waals surface area contributed by atoms with Crippen molar-refractivity contribution in [1.82, 2.24) is 9.13 Å². The fourth-order valence-corrected chi connectivity index (χ4v) is 20.0. The molecule has 0 unspecified atom stereocenters. The highest BCUT2D eigenvalue weighted by molar-refractivity contribution is 6.17. The van der Waals surface area contributed by atoms with Crippen LogP contribution >= 0.6 is 0 Å². The Kier molecular flexibility index (Phi) is 18.6. The maximum absolute atomic E-state index is 2.39. The number of hydrogen-bond donors (Lipinski definition) is 0. The van der Waals surface area contributed by atoms with Gasteiger partial charge in [0.05, 0.1) is 22.1 Å². The lowest BCUT2D eigenvalue weighted by atomic mass is 9.93. The molecular formula is C124H82N4. The Hall–Kier alpha value is -16.9. The van der Waals surface area contributed by atoms with Crippen LogP contribution in [0.3, 0.4) is 0 Å². The van der Waals surface area contributed by atoms with E-state index in [-0.39, 0.29) is 0 Å². The quantitative estimate of drug-likeness (QED) is 0.101. The lowest BCUT2D eigenvalue weighted by Gasteiger charge is -2.26. The van der Waals surface area contributed by atoms with Crippen molar-refractivity contribution in [2.24, 2.45) is 0 Å². The third kappa shape index (κ3) is 13.3. The van der Waals surface area contributed by atoms with Gasteiger partial charge in [0, 0.05) is 67.0 Å². The van der Waals surface area contributed by atoms with Crippen LogP contribution < -0.4 is 9.80 Å². The average molecular weight is 1630 g/mol. The van der Waals surface area contributed by atoms with Crippen LogP contribution in [-0.2, 0) is 0 Å². The lowest BCUT2D eigenvalue weighted by Crippen LogP contribution is -2.09. The van der Waals surface area contributed by atoms with Crippen molar-refractivity contribution in [3.8, 4) is 78.1 Å². The first-order valence-electron chi connectivity index (χ1n) is 44.1. The summed E-state index contributed by atoms with van der Waals surface area (Å²) in [6.07, 6.45) is 0. The van der Waals surface area contributed by atoms with Gasteiger partial charge in [0.25, 0.3) is 0 Å². The Morgan fingerprint density at radius 3 is 0.656 bits per heavy atom. The molecule has 4 heteroatoms. The van der Waals surface area contributed by atoms with Crippen molar-refractivity contribution in [3.05, 3.63) is 497 Å². The maximum Gasteiger partial charge on any atom is 0.0541 e. The predicted molar refractivity (Wildman–Crippen MR) is 546 cm³/mol. The summed E-state index contributed by atoms with van der Waals surface area (Å²) in [4.78, 5) is 4.74. The van der Waals surface area contributed by atoms with E-state index in [4.69, 9.17) is 0 Å². The molecule has 0 N–H and O–H groups in total. The predicted octanol–water partition coefficient (Wildman–Crippen LogP) is 34.6. The van der Waals surface area contributed by atoms with E-state index in [1.807, 2.05) is 0 Å². The molecule has 598 valence electrons. The zero-order chi connectivity index (χ0) is 84.5. The number of benzene rings is 23. The number of anilines is 6. The molecule has 0 saturated carbocycles. The molecule has 4 nitrogen and oxygen atoms in total. The molecule has 2 aromatic heterocycles. The minimum atomic E-state index is 1.09. The van der Waals surface area contributed by atoms with Gasteiger partial charge in [-0.25, -0.2) is 0 Å². The van der Waals surface area contributed by atoms with E-state index in [9.17, 15) is 0 Å². The number of aromatic nitrogens is 2. The number of nitrogens with zero attached hydrogens (tertiary/aromatic N) is 4. The Balaban J connectivity index is 0.000000143. The molecule has 0 aliphatic heterocycles. The van der Waals surface area contributed by atoms with Crippen molar-refractivity contribution in [3.63, 3.8) is 0 Å². The zero-order valence-corrected chi connectivity index (χ0v) is 70.1. The van der Waals surface area contributed by atoms with E-state index in [1.54, 1.807) is 0 Å². The average Bonchev–Trinajstić information content (AvgIpc) is 1.39. The van der Waals surface area contributed by atoms with Crippen LogP contribution in [-0.4, -0.2) is 9.13 Å². The molecule has 23 aromatic carbocycles. The van der Waals surface area contributed by atoms with Crippen molar-refractivity contribution in [1.29, 1.82) is 0 Å². The largest absolute Gasteiger partial charge is 0.311 e. The summed E-state index contributed by atoms with van der Waals surface area (Å²) < 4.78 is 4.77. The molecule has 0 amide bonds. The fourth-order valence-electron chi connectivity index (χ4n) is 20.0. The molecule has 0 fully saturated rings. The summed E-state index contributed by atoms with van der Waals surface area (Å²) >= 11 is 0. The molecule has 0 bridgehead atoms. The summed E-state index contributed by atoms with van der Waals surface area (Å²) in [6, 6.07) is 182. The molecule has 25 rings (SSSR count). The van der Waals surface area contributed by atoms with E-state index >= 15 is 0 Å². The summed E-state index contributed by atoms with van der Waals surface area (Å²) in [6.45, 7) is 0. The molecule has 0 aliphatic rings. The Morgan fingerprint density at radius 2 is 0.352 bits per heavy atom. The second-order valence-electron chi connectivity index (χ2n) is 33.4. The van der Waals surface area contributed by atoms with Gasteiger partial charge in [-0.2, -0.15) is 0 Å². The van der Waals surface area contributed by atoms with Gasteiger partial charge in [-0.15, -0.1) is 0 Å². The van der Waals surface area contributed by atoms with Crippen LogP contribution in [0, 0.1) is 0 Å². The third-order valence-corrected chi connectivity index (χ3v) is 26.1. The van der Waals surface area contributed by atoms with E-state index < -0.39 is 0 Å². The van der Waals surface area contributed by atoms with Gasteiger partial charge in [-0.1, -0.05) is 352 Å². The highest BCUT2D eigenvalue weighted by atomic mass is 15.1. The number of para-hydroxylation sites is 4. The zero-order valence-electron chi connectivity index (χ0n) is 70.1. The third-order valence-electron chi connectivity index (χ3n) is 26.1. The SMILES string of the molecule is c1cc(-c2ccc(N(c3ccc(-c4cc5ccccc5c5ccccc45)cc3)c3ccc(-c4cc5ccccc5c5ccccc45)cc3)cc2)cc(-n2c3ccccc3c3ccccc32)c1.c1cc(-c2ccc(N(c3ccc(-c4ccc5ccccc5c4)cc3)c3ccc(-c4cc5ccccc5c5ccccc45)cc3)cc2)cc(-n2c3ccccc3c3ccccc32)c1. The normalized spacial score (nSPS) is 11.6. The number of fused-ring (bicyclic) bond motifs is 16. The first kappa shape index (κ1) is 74.9. The van der Waals surface area contributed by atoms with Crippen LogP contribution in [0.25, 0.3) is 197 Å². The van der Waals surface area contributed by atoms with Crippen molar-refractivity contribution in [2.45, 2.75) is 0 Å². The van der Waals surface area contributed by atoms with Gasteiger partial charge in [0.2, 0.25) is 0 Å². The second kappa shape index (κ2) is 31.8. The Labute approximate surface area is 742 Å². The first-order valence-corrected chi connectivity index (χ1v) is 44.1. The highest BCUT2D eigenvalue weighted by Crippen LogP contribution is 2.46. The monoisotopic (exact) mass is 1630 g/mol. The molecule has 25 aromatic rings. The number of rotatable bonds is 14. The summed E-state index contributed by atoms with van der Waals surface area (Å²) in [5.74, 6) is 0. The van der Waals surface area contributed by atoms with Gasteiger partial charge in [-0.05, 0) is 288 Å². The molecule has 2 heterocycles. The van der Waals surface area contributed by atoms with Crippen LogP contribution in [0.4, 0.5) is 34.1 Å². The van der Waals surface area contributed by atoms with E-state index in [1.165, 1.54) is 186 Å². The van der Waals surface area contributed by atoms with Crippen LogP contribution in [0.5, 0.6) is 0 Å². The van der Waals surface area contributed by atoms with Crippen molar-refractivity contribution >= 4 is 153 Å². The van der Waals surface area contributed by atoms with Crippen LogP contribution in [0.1, 0.15) is 0 Å². The van der Waals surface area contributed by atoms with E-state index in [0.717, 1.165) is 45.5 Å². The standard InChI is InChI=1S/C64H42N2.C60H40N2/c1-3-18-53-47(14-1)41-61(57-22-7-5-20-55(53)57)44-30-36-50(37-31-44)65(51-38-32-45(33-39-51)62-42-48-15-2-4-19-54(48)56-21-6-8-23-58(56)62)49-34-28-43(29-35-49)46-16-13-17-52(40-46)66-63-26-11-9-24-59(63)60-25-10-12-27-64(60)66;1-2-13-45-38-47(25-24-41(45)12-1)43-28-34-50(35-29-43)61(51-36-30-44(31-37-51)58-40-48-14-3-4-17-53(48)54-18-5-6-19-55(54)58)49-32-26-42(27-33-49)46-15-11-16-52(39-46)62-59-22-9-7-20-56(59)57-21-8-10-23-60(57)62/h1-42H;1-40H. The number of hydrogen-bond acceptors (Lipinski definition) is 2. The van der Waals surface area contributed by atoms with Crippen molar-refractivity contribution < 1.29 is 0 Å². The first-order chi connectivity index (χ1) is 63.5. The molecule has 0 radical (unpaired) electrons. The van der Waals surface area contributed by atoms with Crippen LogP contribution in [0.15, 0.2) is 497 Å². The molecule has 0 spiro atoms. The van der Waals surface area contributed by atoms with Gasteiger partial charge in [0.15, 0.2) is 0 Å².